The number of hydrogen-bond donors (Lipinski definition) is 0. The van der Waals surface area contributed by atoms with Crippen LogP contribution in [0, 0.1) is 12.7 Å². The second-order valence-electron chi connectivity index (χ2n) is 7.50. The molecule has 0 spiro atoms. The van der Waals surface area contributed by atoms with Crippen LogP contribution >= 0.6 is 0 Å². The molecule has 1 aromatic carbocycles. The Morgan fingerprint density at radius 1 is 1.33 bits per heavy atom. The van der Waals surface area contributed by atoms with E-state index in [9.17, 15) is 4.39 Å². The molecular formula is C21H30FN3O2. The first-order chi connectivity index (χ1) is 12.9. The van der Waals surface area contributed by atoms with Gasteiger partial charge in [-0.15, -0.1) is 0 Å². The molecule has 1 aromatic heterocycles. The zero-order valence-electron chi connectivity index (χ0n) is 17.0. The number of halogens is 1. The molecule has 0 radical (unpaired) electrons. The van der Waals surface area contributed by atoms with Gasteiger partial charge in [0.2, 0.25) is 5.89 Å². The zero-order chi connectivity index (χ0) is 19.6. The van der Waals surface area contributed by atoms with Crippen molar-refractivity contribution in [2.45, 2.75) is 52.7 Å². The topological polar surface area (TPSA) is 41.7 Å². The lowest BCUT2D eigenvalue weighted by Gasteiger charge is -2.43. The van der Waals surface area contributed by atoms with Crippen molar-refractivity contribution in [1.82, 2.24) is 14.8 Å². The summed E-state index contributed by atoms with van der Waals surface area (Å²) >= 11 is 0. The molecule has 5 nitrogen and oxygen atoms in total. The summed E-state index contributed by atoms with van der Waals surface area (Å²) in [5.41, 5.74) is 1.21. The average molecular weight is 375 g/mol. The van der Waals surface area contributed by atoms with E-state index in [0.29, 0.717) is 29.3 Å². The third-order valence-corrected chi connectivity index (χ3v) is 5.42. The van der Waals surface area contributed by atoms with Crippen molar-refractivity contribution >= 4 is 0 Å². The van der Waals surface area contributed by atoms with E-state index in [1.807, 2.05) is 6.92 Å². The summed E-state index contributed by atoms with van der Waals surface area (Å²) in [6, 6.07) is 5.72. The Morgan fingerprint density at radius 2 is 2.11 bits per heavy atom. The number of methoxy groups -OCH3 is 1. The fourth-order valence-corrected chi connectivity index (χ4v) is 3.82. The van der Waals surface area contributed by atoms with E-state index in [2.05, 4.69) is 35.6 Å². The Balaban J connectivity index is 1.76. The quantitative estimate of drug-likeness (QED) is 0.760. The Kier molecular flexibility index (Phi) is 6.17. The minimum absolute atomic E-state index is 0.312. The minimum Gasteiger partial charge on any atom is -0.497 e. The monoisotopic (exact) mass is 375 g/mol. The number of aromatic nitrogens is 1. The van der Waals surface area contributed by atoms with Crippen LogP contribution in [0.1, 0.15) is 38.6 Å². The highest BCUT2D eigenvalue weighted by molar-refractivity contribution is 5.57. The summed E-state index contributed by atoms with van der Waals surface area (Å²) in [6.07, 6.45) is 1.13. The van der Waals surface area contributed by atoms with E-state index in [4.69, 9.17) is 9.15 Å². The zero-order valence-corrected chi connectivity index (χ0v) is 17.0. The molecule has 148 valence electrons. The maximum Gasteiger partial charge on any atom is 0.229 e. The molecule has 3 rings (SSSR count). The van der Waals surface area contributed by atoms with Crippen molar-refractivity contribution in [2.75, 3.05) is 26.7 Å². The molecule has 0 unspecified atom stereocenters. The molecule has 2 heterocycles. The van der Waals surface area contributed by atoms with Gasteiger partial charge in [0.15, 0.2) is 0 Å². The predicted molar refractivity (Wildman–Crippen MR) is 104 cm³/mol. The Morgan fingerprint density at radius 3 is 2.78 bits per heavy atom. The van der Waals surface area contributed by atoms with E-state index in [0.717, 1.165) is 44.1 Å². The first-order valence-electron chi connectivity index (χ1n) is 9.71. The predicted octanol–water partition coefficient (Wildman–Crippen LogP) is 4.10. The Labute approximate surface area is 161 Å². The number of benzene rings is 1. The highest BCUT2D eigenvalue weighted by atomic mass is 19.1. The number of oxazole rings is 1. The second-order valence-corrected chi connectivity index (χ2v) is 7.50. The molecule has 27 heavy (non-hydrogen) atoms. The van der Waals surface area contributed by atoms with Gasteiger partial charge in [-0.1, -0.05) is 6.92 Å². The number of piperazine rings is 1. The van der Waals surface area contributed by atoms with Gasteiger partial charge in [0.25, 0.3) is 0 Å². The number of aryl methyl sites for hydroxylation is 1. The third kappa shape index (κ3) is 4.33. The lowest BCUT2D eigenvalue weighted by atomic mass is 10.1. The van der Waals surface area contributed by atoms with Gasteiger partial charge in [0.1, 0.15) is 17.3 Å². The van der Waals surface area contributed by atoms with Crippen LogP contribution in [0.15, 0.2) is 22.6 Å². The maximum atomic E-state index is 14.2. The van der Waals surface area contributed by atoms with Crippen LogP contribution in [0.5, 0.6) is 5.75 Å². The average Bonchev–Trinajstić information content (AvgIpc) is 3.02. The number of hydrogen-bond acceptors (Lipinski definition) is 5. The summed E-state index contributed by atoms with van der Waals surface area (Å²) < 4.78 is 25.2. The molecule has 0 N–H and O–H groups in total. The minimum atomic E-state index is -0.361. The SMILES string of the molecule is CC[C@@H]1CN(Cc2nc(-c3cc(OC)ccc3F)oc2C)CCN1C(C)C. The molecule has 1 saturated heterocycles. The number of ether oxygens (including phenoxy) is 1. The van der Waals surface area contributed by atoms with Crippen LogP contribution < -0.4 is 4.74 Å². The van der Waals surface area contributed by atoms with Gasteiger partial charge in [-0.05, 0) is 45.4 Å². The summed E-state index contributed by atoms with van der Waals surface area (Å²) in [7, 11) is 1.56. The van der Waals surface area contributed by atoms with Gasteiger partial charge in [0.05, 0.1) is 18.4 Å². The molecule has 0 saturated carbocycles. The Bertz CT molecular complexity index is 775. The van der Waals surface area contributed by atoms with E-state index < -0.39 is 0 Å². The van der Waals surface area contributed by atoms with Gasteiger partial charge in [-0.2, -0.15) is 0 Å². The van der Waals surface area contributed by atoms with Gasteiger partial charge >= 0.3 is 0 Å². The summed E-state index contributed by atoms with van der Waals surface area (Å²) in [5, 5.41) is 0. The fourth-order valence-electron chi connectivity index (χ4n) is 3.82. The van der Waals surface area contributed by atoms with Crippen molar-refractivity contribution in [3.8, 4) is 17.2 Å². The van der Waals surface area contributed by atoms with E-state index in [1.165, 1.54) is 6.07 Å². The van der Waals surface area contributed by atoms with Crippen molar-refractivity contribution < 1.29 is 13.5 Å². The Hall–Kier alpha value is -1.92. The van der Waals surface area contributed by atoms with Crippen LogP contribution in [-0.2, 0) is 6.54 Å². The molecular weight excluding hydrogens is 345 g/mol. The first-order valence-corrected chi connectivity index (χ1v) is 9.71. The van der Waals surface area contributed by atoms with Crippen LogP contribution in [0.4, 0.5) is 4.39 Å². The maximum absolute atomic E-state index is 14.2. The van der Waals surface area contributed by atoms with Crippen molar-refractivity contribution in [2.24, 2.45) is 0 Å². The normalized spacial score (nSPS) is 19.0. The highest BCUT2D eigenvalue weighted by Gasteiger charge is 2.28. The van der Waals surface area contributed by atoms with E-state index >= 15 is 0 Å². The summed E-state index contributed by atoms with van der Waals surface area (Å²) in [4.78, 5) is 9.59. The molecule has 0 bridgehead atoms. The summed E-state index contributed by atoms with van der Waals surface area (Å²) in [5.74, 6) is 1.28. The molecule has 1 fully saturated rings. The second kappa shape index (κ2) is 8.40. The molecule has 1 aliphatic rings. The molecule has 6 heteroatoms. The van der Waals surface area contributed by atoms with E-state index in [1.54, 1.807) is 19.2 Å². The van der Waals surface area contributed by atoms with Gasteiger partial charge < -0.3 is 9.15 Å². The third-order valence-electron chi connectivity index (χ3n) is 5.42. The smallest absolute Gasteiger partial charge is 0.229 e. The summed E-state index contributed by atoms with van der Waals surface area (Å²) in [6.45, 7) is 12.5. The standard InChI is InChI=1S/C21H30FN3O2/c1-6-16-12-24(9-10-25(16)14(2)3)13-20-15(4)27-21(23-20)18-11-17(26-5)7-8-19(18)22/h7-8,11,14,16H,6,9-10,12-13H2,1-5H3/t16-/m1/s1. The lowest BCUT2D eigenvalue weighted by molar-refractivity contribution is 0.0450. The van der Waals surface area contributed by atoms with Crippen molar-refractivity contribution in [3.63, 3.8) is 0 Å². The number of rotatable bonds is 6. The van der Waals surface area contributed by atoms with Crippen molar-refractivity contribution in [1.29, 1.82) is 0 Å². The number of nitrogens with zero attached hydrogens (tertiary/aromatic N) is 3. The highest BCUT2D eigenvalue weighted by Crippen LogP contribution is 2.29. The van der Waals surface area contributed by atoms with Crippen LogP contribution in [-0.4, -0.2) is 53.6 Å². The fraction of sp³-hybridized carbons (Fsp3) is 0.571. The van der Waals surface area contributed by atoms with E-state index in [-0.39, 0.29) is 5.82 Å². The van der Waals surface area contributed by atoms with Gasteiger partial charge in [-0.3, -0.25) is 9.80 Å². The van der Waals surface area contributed by atoms with Gasteiger partial charge in [0, 0.05) is 38.3 Å². The molecule has 0 amide bonds. The van der Waals surface area contributed by atoms with Crippen LogP contribution in [0.2, 0.25) is 0 Å². The first kappa shape index (κ1) is 19.8. The van der Waals surface area contributed by atoms with Gasteiger partial charge in [-0.25, -0.2) is 9.37 Å². The lowest BCUT2D eigenvalue weighted by Crippen LogP contribution is -2.54. The molecule has 0 aliphatic carbocycles. The van der Waals surface area contributed by atoms with Crippen LogP contribution in [0.25, 0.3) is 11.5 Å². The molecule has 1 atom stereocenters. The largest absolute Gasteiger partial charge is 0.497 e. The molecule has 2 aromatic rings. The van der Waals surface area contributed by atoms with Crippen molar-refractivity contribution in [3.05, 3.63) is 35.5 Å². The van der Waals surface area contributed by atoms with Crippen LogP contribution in [0.3, 0.4) is 0 Å². The molecule has 1 aliphatic heterocycles.